The molecule has 0 aromatic heterocycles. The van der Waals surface area contributed by atoms with Gasteiger partial charge in [0.1, 0.15) is 0 Å². The van der Waals surface area contributed by atoms with E-state index in [1.54, 1.807) is 18.2 Å². The third-order valence-electron chi connectivity index (χ3n) is 5.34. The van der Waals surface area contributed by atoms with E-state index >= 15 is 0 Å². The number of likely N-dealkylation sites (tertiary alicyclic amines) is 1. The Labute approximate surface area is 153 Å². The Kier molecular flexibility index (Phi) is 5.70. The Hall–Kier alpha value is -0.810. The highest BCUT2D eigenvalue weighted by Crippen LogP contribution is 2.30. The molecular weight excluding hydrogens is 347 g/mol. The van der Waals surface area contributed by atoms with Crippen molar-refractivity contribution in [2.75, 3.05) is 20.1 Å². The van der Waals surface area contributed by atoms with Crippen LogP contribution in [0.3, 0.4) is 0 Å². The maximum atomic E-state index is 12.9. The van der Waals surface area contributed by atoms with E-state index in [1.165, 1.54) is 6.42 Å². The third kappa shape index (κ3) is 3.72. The highest BCUT2D eigenvalue weighted by Gasteiger charge is 2.37. The van der Waals surface area contributed by atoms with Crippen LogP contribution in [0.5, 0.6) is 0 Å². The number of carbonyl (C=O) groups excluding carboxylic acids is 1. The summed E-state index contributed by atoms with van der Waals surface area (Å²) in [6.07, 6.45) is 4.99. The Morgan fingerprint density at radius 1 is 1.21 bits per heavy atom. The minimum Gasteiger partial charge on any atom is -0.392 e. The number of aliphatic hydroxyl groups is 1. The molecule has 1 aliphatic carbocycles. The first-order valence-corrected chi connectivity index (χ1v) is 9.37. The molecule has 1 aromatic rings. The van der Waals surface area contributed by atoms with Crippen LogP contribution in [0.1, 0.15) is 42.5 Å². The van der Waals surface area contributed by atoms with Crippen LogP contribution < -0.4 is 0 Å². The van der Waals surface area contributed by atoms with Gasteiger partial charge in [0.15, 0.2) is 0 Å². The largest absolute Gasteiger partial charge is 0.392 e. The van der Waals surface area contributed by atoms with Crippen molar-refractivity contribution in [1.82, 2.24) is 9.80 Å². The smallest absolute Gasteiger partial charge is 0.253 e. The lowest BCUT2D eigenvalue weighted by molar-refractivity contribution is 0.0465. The number of carbonyl (C=O) groups is 1. The third-order valence-corrected chi connectivity index (χ3v) is 6.08. The molecule has 0 radical (unpaired) electrons. The van der Waals surface area contributed by atoms with E-state index in [-0.39, 0.29) is 18.1 Å². The molecule has 1 aromatic carbocycles. The van der Waals surface area contributed by atoms with E-state index < -0.39 is 0 Å². The number of halogens is 2. The summed E-state index contributed by atoms with van der Waals surface area (Å²) in [5, 5.41) is 10.7. The predicted molar refractivity (Wildman–Crippen MR) is 96.8 cm³/mol. The first-order chi connectivity index (χ1) is 11.5. The molecule has 1 amide bonds. The van der Waals surface area contributed by atoms with E-state index in [0.717, 1.165) is 38.8 Å². The van der Waals surface area contributed by atoms with Crippen LogP contribution in [0.2, 0.25) is 10.0 Å². The molecule has 1 saturated heterocycles. The molecular formula is C18H24Cl2N2O2. The van der Waals surface area contributed by atoms with Gasteiger partial charge in [0.2, 0.25) is 0 Å². The van der Waals surface area contributed by atoms with Gasteiger partial charge in [-0.15, -0.1) is 0 Å². The van der Waals surface area contributed by atoms with E-state index in [2.05, 4.69) is 4.90 Å². The van der Waals surface area contributed by atoms with Crippen LogP contribution in [0.4, 0.5) is 0 Å². The second-order valence-electron chi connectivity index (χ2n) is 6.90. The maximum absolute atomic E-state index is 12.9. The standard InChI is InChI=1S/C18H24Cl2N2O2/c1-21(18(24)12-6-7-14(19)15(20)10-12)16-4-2-3-5-17(16)22-9-8-13(23)11-22/h6-7,10,13,16-17,23H,2-5,8-9,11H2,1H3. The molecule has 2 aliphatic rings. The fourth-order valence-electron chi connectivity index (χ4n) is 4.02. The quantitative estimate of drug-likeness (QED) is 0.885. The zero-order chi connectivity index (χ0) is 17.3. The number of hydrogen-bond acceptors (Lipinski definition) is 3. The molecule has 24 heavy (non-hydrogen) atoms. The summed E-state index contributed by atoms with van der Waals surface area (Å²) in [5.41, 5.74) is 0.567. The molecule has 0 spiro atoms. The van der Waals surface area contributed by atoms with Crippen molar-refractivity contribution in [3.63, 3.8) is 0 Å². The highest BCUT2D eigenvalue weighted by molar-refractivity contribution is 6.42. The van der Waals surface area contributed by atoms with Crippen LogP contribution in [-0.4, -0.2) is 59.1 Å². The van der Waals surface area contributed by atoms with Crippen molar-refractivity contribution in [3.05, 3.63) is 33.8 Å². The topological polar surface area (TPSA) is 43.8 Å². The number of β-amino-alcohol motifs (C(OH)–C–C–N with tert-alkyl or cyclic N) is 1. The molecule has 132 valence electrons. The van der Waals surface area contributed by atoms with Crippen molar-refractivity contribution < 1.29 is 9.90 Å². The summed E-state index contributed by atoms with van der Waals surface area (Å²) in [7, 11) is 1.88. The van der Waals surface area contributed by atoms with Gasteiger partial charge in [-0.1, -0.05) is 36.0 Å². The minimum absolute atomic E-state index is 0.0230. The average Bonchev–Trinajstić information content (AvgIpc) is 3.02. The van der Waals surface area contributed by atoms with Crippen molar-refractivity contribution in [1.29, 1.82) is 0 Å². The average molecular weight is 371 g/mol. The minimum atomic E-state index is -0.233. The van der Waals surface area contributed by atoms with E-state index in [4.69, 9.17) is 23.2 Å². The maximum Gasteiger partial charge on any atom is 0.253 e. The molecule has 1 saturated carbocycles. The lowest BCUT2D eigenvalue weighted by Crippen LogP contribution is -2.53. The number of nitrogens with zero attached hydrogens (tertiary/aromatic N) is 2. The Balaban J connectivity index is 1.76. The first-order valence-electron chi connectivity index (χ1n) is 8.61. The van der Waals surface area contributed by atoms with Gasteiger partial charge in [-0.3, -0.25) is 9.69 Å². The normalized spacial score (nSPS) is 28.1. The second-order valence-corrected chi connectivity index (χ2v) is 7.72. The fourth-order valence-corrected chi connectivity index (χ4v) is 4.32. The van der Waals surface area contributed by atoms with E-state index in [1.807, 2.05) is 11.9 Å². The van der Waals surface area contributed by atoms with Crippen molar-refractivity contribution in [2.24, 2.45) is 0 Å². The number of amides is 1. The van der Waals surface area contributed by atoms with Crippen LogP contribution in [0.15, 0.2) is 18.2 Å². The van der Waals surface area contributed by atoms with Gasteiger partial charge >= 0.3 is 0 Å². The lowest BCUT2D eigenvalue weighted by Gasteiger charge is -2.42. The monoisotopic (exact) mass is 370 g/mol. The molecule has 3 rings (SSSR count). The number of rotatable bonds is 3. The summed E-state index contributed by atoms with van der Waals surface area (Å²) >= 11 is 12.0. The zero-order valence-corrected chi connectivity index (χ0v) is 15.4. The first kappa shape index (κ1) is 18.0. The number of aliphatic hydroxyl groups excluding tert-OH is 1. The Morgan fingerprint density at radius 3 is 2.62 bits per heavy atom. The second kappa shape index (κ2) is 7.61. The van der Waals surface area contributed by atoms with Gasteiger partial charge in [-0.05, 0) is 37.5 Å². The Bertz CT molecular complexity index is 611. The van der Waals surface area contributed by atoms with Crippen LogP contribution in [0.25, 0.3) is 0 Å². The molecule has 1 N–H and O–H groups in total. The van der Waals surface area contributed by atoms with Gasteiger partial charge < -0.3 is 10.0 Å². The molecule has 3 unspecified atom stereocenters. The fraction of sp³-hybridized carbons (Fsp3) is 0.611. The van der Waals surface area contributed by atoms with E-state index in [9.17, 15) is 9.90 Å². The van der Waals surface area contributed by atoms with Gasteiger partial charge in [0.05, 0.1) is 16.1 Å². The SMILES string of the molecule is CN(C(=O)c1ccc(Cl)c(Cl)c1)C1CCCCC1N1CCC(O)C1. The summed E-state index contributed by atoms with van der Waals surface area (Å²) in [4.78, 5) is 17.1. The molecule has 1 heterocycles. The number of likely N-dealkylation sites (N-methyl/N-ethyl adjacent to an activating group) is 1. The van der Waals surface area contributed by atoms with Gasteiger partial charge in [-0.2, -0.15) is 0 Å². The summed E-state index contributed by atoms with van der Waals surface area (Å²) in [6.45, 7) is 1.63. The molecule has 6 heteroatoms. The van der Waals surface area contributed by atoms with Crippen LogP contribution in [-0.2, 0) is 0 Å². The van der Waals surface area contributed by atoms with Gasteiger partial charge in [0, 0.05) is 37.8 Å². The number of hydrogen-bond donors (Lipinski definition) is 1. The zero-order valence-electron chi connectivity index (χ0n) is 13.9. The summed E-state index contributed by atoms with van der Waals surface area (Å²) in [6, 6.07) is 5.53. The Morgan fingerprint density at radius 2 is 1.96 bits per heavy atom. The molecule has 0 bridgehead atoms. The van der Waals surface area contributed by atoms with Crippen LogP contribution in [0, 0.1) is 0 Å². The summed E-state index contributed by atoms with van der Waals surface area (Å²) in [5.74, 6) is -0.0230. The highest BCUT2D eigenvalue weighted by atomic mass is 35.5. The van der Waals surface area contributed by atoms with Crippen molar-refractivity contribution in [2.45, 2.75) is 50.3 Å². The van der Waals surface area contributed by atoms with Gasteiger partial charge in [0.25, 0.3) is 5.91 Å². The van der Waals surface area contributed by atoms with Crippen molar-refractivity contribution >= 4 is 29.1 Å². The lowest BCUT2D eigenvalue weighted by atomic mass is 9.88. The van der Waals surface area contributed by atoms with E-state index in [0.29, 0.717) is 21.7 Å². The van der Waals surface area contributed by atoms with Gasteiger partial charge in [-0.25, -0.2) is 0 Å². The molecule has 3 atom stereocenters. The molecule has 4 nitrogen and oxygen atoms in total. The predicted octanol–water partition coefficient (Wildman–Crippen LogP) is 3.44. The van der Waals surface area contributed by atoms with Crippen LogP contribution >= 0.6 is 23.2 Å². The molecule has 1 aliphatic heterocycles. The van der Waals surface area contributed by atoms with Crippen molar-refractivity contribution in [3.8, 4) is 0 Å². The number of benzene rings is 1. The summed E-state index contributed by atoms with van der Waals surface area (Å²) < 4.78 is 0. The molecule has 2 fully saturated rings.